The number of hydrogen-bond donors (Lipinski definition) is 2. The number of rotatable bonds is 3. The summed E-state index contributed by atoms with van der Waals surface area (Å²) in [5.74, 6) is 0. The summed E-state index contributed by atoms with van der Waals surface area (Å²) in [5, 5.41) is 5.02. The molecule has 0 aliphatic rings. The Bertz CT molecular complexity index is 215. The van der Waals surface area contributed by atoms with E-state index in [1.165, 1.54) is 14.2 Å². The topological polar surface area (TPSA) is 76.7 Å². The van der Waals surface area contributed by atoms with Crippen LogP contribution in [0.5, 0.6) is 0 Å². The van der Waals surface area contributed by atoms with Crippen molar-refractivity contribution in [2.24, 2.45) is 0 Å². The number of carbonyl (C=O) groups excluding carboxylic acids is 2. The molecule has 0 aromatic heterocycles. The molecule has 0 spiro atoms. The monoisotopic (exact) mass is 204 g/mol. The first-order chi connectivity index (χ1) is 6.41. The Labute approximate surface area is 82.9 Å². The minimum Gasteiger partial charge on any atom is -0.453 e. The number of hydrogen-bond acceptors (Lipinski definition) is 4. The summed E-state index contributed by atoms with van der Waals surface area (Å²) in [6, 6.07) is 0. The van der Waals surface area contributed by atoms with Crippen LogP contribution in [0.3, 0.4) is 0 Å². The molecule has 0 atom stereocenters. The van der Waals surface area contributed by atoms with E-state index in [1.54, 1.807) is 13.8 Å². The van der Waals surface area contributed by atoms with Crippen LogP contribution in [0.15, 0.2) is 0 Å². The number of amides is 2. The molecule has 0 aromatic carbocycles. The Kier molecular flexibility index (Phi) is 4.76. The number of methoxy groups -OCH3 is 2. The molecule has 2 N–H and O–H groups in total. The average Bonchev–Trinajstić information content (AvgIpc) is 2.13. The second-order valence-corrected chi connectivity index (χ2v) is 3.35. The summed E-state index contributed by atoms with van der Waals surface area (Å²) in [4.78, 5) is 21.6. The van der Waals surface area contributed by atoms with Crippen LogP contribution in [0, 0.1) is 0 Å². The van der Waals surface area contributed by atoms with E-state index in [0.717, 1.165) is 0 Å². The molecule has 6 heteroatoms. The zero-order valence-electron chi connectivity index (χ0n) is 8.84. The summed E-state index contributed by atoms with van der Waals surface area (Å²) in [6.07, 6.45) is -1.08. The molecule has 0 fully saturated rings. The van der Waals surface area contributed by atoms with E-state index in [9.17, 15) is 9.59 Å². The van der Waals surface area contributed by atoms with Gasteiger partial charge in [0, 0.05) is 6.54 Å². The van der Waals surface area contributed by atoms with Crippen molar-refractivity contribution in [2.75, 3.05) is 20.8 Å². The highest BCUT2D eigenvalue weighted by Gasteiger charge is 2.21. The smallest absolute Gasteiger partial charge is 0.407 e. The van der Waals surface area contributed by atoms with E-state index in [1.807, 2.05) is 0 Å². The standard InChI is InChI=1S/C8H16N2O4/c1-8(2,10-7(12)14-4)5-9-6(11)13-3/h5H2,1-4H3,(H,9,11)(H,10,12). The Hall–Kier alpha value is -1.46. The fraction of sp³-hybridized carbons (Fsp3) is 0.750. The van der Waals surface area contributed by atoms with Gasteiger partial charge in [0.25, 0.3) is 0 Å². The summed E-state index contributed by atoms with van der Waals surface area (Å²) in [5.41, 5.74) is -0.582. The average molecular weight is 204 g/mol. The summed E-state index contributed by atoms with van der Waals surface area (Å²) in [7, 11) is 2.55. The second kappa shape index (κ2) is 5.31. The van der Waals surface area contributed by atoms with Gasteiger partial charge >= 0.3 is 12.2 Å². The lowest BCUT2D eigenvalue weighted by Crippen LogP contribution is -2.51. The SMILES string of the molecule is COC(=O)NCC(C)(C)NC(=O)OC. The molecular weight excluding hydrogens is 188 g/mol. The minimum atomic E-state index is -0.582. The molecule has 0 saturated carbocycles. The molecule has 6 nitrogen and oxygen atoms in total. The zero-order valence-corrected chi connectivity index (χ0v) is 8.84. The first-order valence-electron chi connectivity index (χ1n) is 4.09. The predicted octanol–water partition coefficient (Wildman–Crippen LogP) is 0.477. The van der Waals surface area contributed by atoms with Crippen LogP contribution < -0.4 is 10.6 Å². The molecule has 0 aliphatic heterocycles. The summed E-state index contributed by atoms with van der Waals surface area (Å²) < 4.78 is 8.81. The quantitative estimate of drug-likeness (QED) is 0.700. The first-order valence-corrected chi connectivity index (χ1v) is 4.09. The molecule has 82 valence electrons. The summed E-state index contributed by atoms with van der Waals surface area (Å²) in [6.45, 7) is 3.76. The van der Waals surface area contributed by atoms with Crippen molar-refractivity contribution < 1.29 is 19.1 Å². The highest BCUT2D eigenvalue weighted by atomic mass is 16.5. The van der Waals surface area contributed by atoms with Crippen molar-refractivity contribution in [3.63, 3.8) is 0 Å². The fourth-order valence-electron chi connectivity index (χ4n) is 0.737. The lowest BCUT2D eigenvalue weighted by molar-refractivity contribution is 0.153. The molecule has 0 saturated heterocycles. The van der Waals surface area contributed by atoms with E-state index in [2.05, 4.69) is 20.1 Å². The van der Waals surface area contributed by atoms with Gasteiger partial charge in [-0.2, -0.15) is 0 Å². The maximum Gasteiger partial charge on any atom is 0.407 e. The van der Waals surface area contributed by atoms with E-state index >= 15 is 0 Å². The van der Waals surface area contributed by atoms with Gasteiger partial charge in [-0.25, -0.2) is 9.59 Å². The third kappa shape index (κ3) is 5.23. The number of alkyl carbamates (subject to hydrolysis) is 2. The van der Waals surface area contributed by atoms with Gasteiger partial charge in [-0.3, -0.25) is 0 Å². The van der Waals surface area contributed by atoms with Crippen molar-refractivity contribution in [3.05, 3.63) is 0 Å². The van der Waals surface area contributed by atoms with Gasteiger partial charge in [0.05, 0.1) is 19.8 Å². The fourth-order valence-corrected chi connectivity index (χ4v) is 0.737. The van der Waals surface area contributed by atoms with Crippen LogP contribution in [0.2, 0.25) is 0 Å². The lowest BCUT2D eigenvalue weighted by atomic mass is 10.1. The highest BCUT2D eigenvalue weighted by molar-refractivity contribution is 5.69. The largest absolute Gasteiger partial charge is 0.453 e. The van der Waals surface area contributed by atoms with Gasteiger partial charge < -0.3 is 20.1 Å². The summed E-state index contributed by atoms with van der Waals surface area (Å²) >= 11 is 0. The van der Waals surface area contributed by atoms with Crippen LogP contribution in [-0.2, 0) is 9.47 Å². The van der Waals surface area contributed by atoms with Crippen molar-refractivity contribution >= 4 is 12.2 Å². The van der Waals surface area contributed by atoms with Crippen molar-refractivity contribution in [1.82, 2.24) is 10.6 Å². The molecule has 0 aliphatic carbocycles. The van der Waals surface area contributed by atoms with Crippen molar-refractivity contribution in [3.8, 4) is 0 Å². The number of carbonyl (C=O) groups is 2. The molecule has 2 amide bonds. The predicted molar refractivity (Wildman–Crippen MR) is 50.0 cm³/mol. The molecule has 0 heterocycles. The lowest BCUT2D eigenvalue weighted by Gasteiger charge is -2.25. The van der Waals surface area contributed by atoms with Crippen LogP contribution in [0.4, 0.5) is 9.59 Å². The van der Waals surface area contributed by atoms with E-state index in [4.69, 9.17) is 0 Å². The Morgan fingerprint density at radius 3 is 2.07 bits per heavy atom. The zero-order chi connectivity index (χ0) is 11.2. The van der Waals surface area contributed by atoms with Gasteiger partial charge in [0.1, 0.15) is 0 Å². The first kappa shape index (κ1) is 12.5. The van der Waals surface area contributed by atoms with Crippen LogP contribution in [-0.4, -0.2) is 38.5 Å². The Balaban J connectivity index is 3.94. The Morgan fingerprint density at radius 2 is 1.64 bits per heavy atom. The van der Waals surface area contributed by atoms with E-state index in [-0.39, 0.29) is 6.54 Å². The van der Waals surface area contributed by atoms with Gasteiger partial charge in [0.2, 0.25) is 0 Å². The van der Waals surface area contributed by atoms with Crippen LogP contribution in [0.1, 0.15) is 13.8 Å². The molecule has 0 rings (SSSR count). The molecule has 0 bridgehead atoms. The maximum absolute atomic E-state index is 10.9. The minimum absolute atomic E-state index is 0.259. The van der Waals surface area contributed by atoms with E-state index < -0.39 is 17.7 Å². The molecular formula is C8H16N2O4. The van der Waals surface area contributed by atoms with Gasteiger partial charge in [-0.05, 0) is 13.8 Å². The van der Waals surface area contributed by atoms with Crippen LogP contribution >= 0.6 is 0 Å². The van der Waals surface area contributed by atoms with Crippen LogP contribution in [0.25, 0.3) is 0 Å². The molecule has 0 unspecified atom stereocenters. The maximum atomic E-state index is 10.9. The number of ether oxygens (including phenoxy) is 2. The normalized spacial score (nSPS) is 10.3. The Morgan fingerprint density at radius 1 is 1.14 bits per heavy atom. The van der Waals surface area contributed by atoms with Crippen molar-refractivity contribution in [2.45, 2.75) is 19.4 Å². The molecule has 0 aromatic rings. The third-order valence-electron chi connectivity index (χ3n) is 1.49. The van der Waals surface area contributed by atoms with E-state index in [0.29, 0.717) is 0 Å². The molecule has 0 radical (unpaired) electrons. The second-order valence-electron chi connectivity index (χ2n) is 3.35. The highest BCUT2D eigenvalue weighted by Crippen LogP contribution is 2.00. The van der Waals surface area contributed by atoms with Crippen molar-refractivity contribution in [1.29, 1.82) is 0 Å². The van der Waals surface area contributed by atoms with Gasteiger partial charge in [-0.15, -0.1) is 0 Å². The molecule has 14 heavy (non-hydrogen) atoms. The van der Waals surface area contributed by atoms with Gasteiger partial charge in [0.15, 0.2) is 0 Å². The third-order valence-corrected chi connectivity index (χ3v) is 1.49. The van der Waals surface area contributed by atoms with Gasteiger partial charge in [-0.1, -0.05) is 0 Å². The number of nitrogens with one attached hydrogen (secondary N) is 2.